The third-order valence-corrected chi connectivity index (χ3v) is 5.06. The van der Waals surface area contributed by atoms with Gasteiger partial charge in [-0.15, -0.1) is 0 Å². The molecule has 0 saturated carbocycles. The SMILES string of the molecule is NC(=O)CCC(=O)N1N=C(c2ccc(Cl)cc2)CC1c1ccc2nccnc2c1. The summed E-state index contributed by atoms with van der Waals surface area (Å²) >= 11 is 5.99. The van der Waals surface area contributed by atoms with E-state index in [4.69, 9.17) is 17.3 Å². The molecule has 1 unspecified atom stereocenters. The number of carbonyl (C=O) groups is 2. The first-order valence-corrected chi connectivity index (χ1v) is 9.53. The summed E-state index contributed by atoms with van der Waals surface area (Å²) in [5, 5.41) is 6.65. The quantitative estimate of drug-likeness (QED) is 0.701. The number of rotatable bonds is 5. The second-order valence-electron chi connectivity index (χ2n) is 6.78. The van der Waals surface area contributed by atoms with E-state index in [-0.39, 0.29) is 24.8 Å². The molecule has 2 heterocycles. The smallest absolute Gasteiger partial charge is 0.243 e. The maximum Gasteiger partial charge on any atom is 0.243 e. The van der Waals surface area contributed by atoms with E-state index in [1.807, 2.05) is 30.3 Å². The molecule has 1 aliphatic heterocycles. The minimum atomic E-state index is -0.517. The van der Waals surface area contributed by atoms with Crippen molar-refractivity contribution in [3.63, 3.8) is 0 Å². The third kappa shape index (κ3) is 4.09. The molecule has 7 nitrogen and oxygen atoms in total. The fraction of sp³-hybridized carbons (Fsp3) is 0.190. The van der Waals surface area contributed by atoms with Crippen LogP contribution in [0.15, 0.2) is 60.0 Å². The number of benzene rings is 2. The van der Waals surface area contributed by atoms with Gasteiger partial charge in [0.15, 0.2) is 0 Å². The van der Waals surface area contributed by atoms with Gasteiger partial charge in [-0.25, -0.2) is 5.01 Å². The Morgan fingerprint density at radius 1 is 1.03 bits per heavy atom. The Morgan fingerprint density at radius 3 is 2.48 bits per heavy atom. The predicted octanol–water partition coefficient (Wildman–Crippen LogP) is 3.23. The minimum absolute atomic E-state index is 0.0105. The van der Waals surface area contributed by atoms with Gasteiger partial charge in [-0.2, -0.15) is 5.10 Å². The van der Waals surface area contributed by atoms with Crippen LogP contribution in [0.5, 0.6) is 0 Å². The molecule has 1 atom stereocenters. The Morgan fingerprint density at radius 2 is 1.76 bits per heavy atom. The number of amides is 2. The van der Waals surface area contributed by atoms with Crippen LogP contribution in [-0.4, -0.2) is 32.5 Å². The monoisotopic (exact) mass is 407 g/mol. The zero-order chi connectivity index (χ0) is 20.4. The molecule has 8 heteroatoms. The zero-order valence-electron chi connectivity index (χ0n) is 15.5. The number of primary amides is 1. The molecule has 146 valence electrons. The molecular formula is C21H18ClN5O2. The molecule has 2 N–H and O–H groups in total. The number of hydrogen-bond acceptors (Lipinski definition) is 5. The van der Waals surface area contributed by atoms with E-state index in [1.165, 1.54) is 5.01 Å². The molecule has 0 fully saturated rings. The lowest BCUT2D eigenvalue weighted by atomic mass is 9.98. The van der Waals surface area contributed by atoms with Crippen LogP contribution in [0.25, 0.3) is 11.0 Å². The van der Waals surface area contributed by atoms with Gasteiger partial charge in [0.05, 0.1) is 22.8 Å². The van der Waals surface area contributed by atoms with Crippen molar-refractivity contribution in [2.24, 2.45) is 10.8 Å². The second kappa shape index (κ2) is 7.97. The number of nitrogens with zero attached hydrogens (tertiary/aromatic N) is 4. The van der Waals surface area contributed by atoms with Crippen LogP contribution in [0.4, 0.5) is 0 Å². The molecule has 0 bridgehead atoms. The van der Waals surface area contributed by atoms with Crippen molar-refractivity contribution in [3.8, 4) is 0 Å². The maximum atomic E-state index is 12.8. The van der Waals surface area contributed by atoms with Crippen LogP contribution in [0.3, 0.4) is 0 Å². The topological polar surface area (TPSA) is 102 Å². The van der Waals surface area contributed by atoms with Crippen LogP contribution in [0.1, 0.15) is 36.4 Å². The second-order valence-corrected chi connectivity index (χ2v) is 7.22. The molecule has 1 aromatic heterocycles. The van der Waals surface area contributed by atoms with Crippen LogP contribution < -0.4 is 5.73 Å². The van der Waals surface area contributed by atoms with Gasteiger partial charge in [0.2, 0.25) is 11.8 Å². The molecule has 3 aromatic rings. The van der Waals surface area contributed by atoms with Gasteiger partial charge in [-0.05, 0) is 35.4 Å². The molecular weight excluding hydrogens is 390 g/mol. The molecule has 0 spiro atoms. The van der Waals surface area contributed by atoms with Crippen LogP contribution in [0, 0.1) is 0 Å². The number of hydrogen-bond donors (Lipinski definition) is 1. The summed E-state index contributed by atoms with van der Waals surface area (Å²) in [7, 11) is 0. The van der Waals surface area contributed by atoms with Gasteiger partial charge >= 0.3 is 0 Å². The van der Waals surface area contributed by atoms with Crippen LogP contribution in [0.2, 0.25) is 5.02 Å². The lowest BCUT2D eigenvalue weighted by Crippen LogP contribution is -2.28. The standard InChI is InChI=1S/C21H18ClN5O2/c22-15-4-1-13(2-5-15)17-12-19(27(26-17)21(29)8-7-20(23)28)14-3-6-16-18(11-14)25-10-9-24-16/h1-6,9-11,19H,7-8,12H2,(H2,23,28). The summed E-state index contributed by atoms with van der Waals surface area (Å²) in [5.41, 5.74) is 9.30. The van der Waals surface area contributed by atoms with Gasteiger partial charge in [0, 0.05) is 36.7 Å². The summed E-state index contributed by atoms with van der Waals surface area (Å²) in [6.45, 7) is 0. The first kappa shape index (κ1) is 19.0. The Balaban J connectivity index is 1.68. The van der Waals surface area contributed by atoms with Crippen molar-refractivity contribution >= 4 is 40.2 Å². The summed E-state index contributed by atoms with van der Waals surface area (Å²) in [6, 6.07) is 12.8. The highest BCUT2D eigenvalue weighted by atomic mass is 35.5. The summed E-state index contributed by atoms with van der Waals surface area (Å²) in [5.74, 6) is -0.769. The number of aromatic nitrogens is 2. The summed E-state index contributed by atoms with van der Waals surface area (Å²) in [4.78, 5) is 32.5. The first-order chi connectivity index (χ1) is 14.0. The van der Waals surface area contributed by atoms with Crippen molar-refractivity contribution in [2.45, 2.75) is 25.3 Å². The Bertz CT molecular complexity index is 1110. The van der Waals surface area contributed by atoms with Crippen molar-refractivity contribution in [3.05, 3.63) is 71.0 Å². The van der Waals surface area contributed by atoms with E-state index in [0.717, 1.165) is 27.9 Å². The number of fused-ring (bicyclic) bond motifs is 1. The van der Waals surface area contributed by atoms with E-state index in [9.17, 15) is 9.59 Å². The summed E-state index contributed by atoms with van der Waals surface area (Å²) in [6.07, 6.45) is 3.80. The first-order valence-electron chi connectivity index (χ1n) is 9.16. The van der Waals surface area contributed by atoms with Crippen LogP contribution >= 0.6 is 11.6 Å². The van der Waals surface area contributed by atoms with Crippen molar-refractivity contribution < 1.29 is 9.59 Å². The lowest BCUT2D eigenvalue weighted by molar-refractivity contribution is -0.134. The third-order valence-electron chi connectivity index (χ3n) is 4.81. The molecule has 29 heavy (non-hydrogen) atoms. The number of nitrogens with two attached hydrogens (primary N) is 1. The van der Waals surface area contributed by atoms with E-state index < -0.39 is 5.91 Å². The van der Waals surface area contributed by atoms with Crippen molar-refractivity contribution in [1.29, 1.82) is 0 Å². The molecule has 0 radical (unpaired) electrons. The Hall–Kier alpha value is -3.32. The largest absolute Gasteiger partial charge is 0.370 e. The molecule has 0 saturated heterocycles. The van der Waals surface area contributed by atoms with Gasteiger partial charge in [-0.3, -0.25) is 19.6 Å². The van der Waals surface area contributed by atoms with E-state index in [0.29, 0.717) is 11.4 Å². The maximum absolute atomic E-state index is 12.8. The highest BCUT2D eigenvalue weighted by Gasteiger charge is 2.33. The summed E-state index contributed by atoms with van der Waals surface area (Å²) < 4.78 is 0. The molecule has 0 aliphatic carbocycles. The fourth-order valence-electron chi connectivity index (χ4n) is 3.35. The fourth-order valence-corrected chi connectivity index (χ4v) is 3.47. The van der Waals surface area contributed by atoms with Gasteiger partial charge in [-0.1, -0.05) is 29.8 Å². The van der Waals surface area contributed by atoms with Crippen molar-refractivity contribution in [2.75, 3.05) is 0 Å². The van der Waals surface area contributed by atoms with Gasteiger partial charge in [0.1, 0.15) is 0 Å². The Kier molecular flexibility index (Phi) is 5.22. The average molecular weight is 408 g/mol. The zero-order valence-corrected chi connectivity index (χ0v) is 16.2. The molecule has 4 rings (SSSR count). The number of carbonyl (C=O) groups excluding carboxylic acids is 2. The Labute approximate surface area is 172 Å². The molecule has 2 aromatic carbocycles. The van der Waals surface area contributed by atoms with Crippen molar-refractivity contribution in [1.82, 2.24) is 15.0 Å². The van der Waals surface area contributed by atoms with Gasteiger partial charge < -0.3 is 5.73 Å². The molecule has 2 amide bonds. The highest BCUT2D eigenvalue weighted by Crippen LogP contribution is 2.34. The van der Waals surface area contributed by atoms with Crippen LogP contribution in [-0.2, 0) is 9.59 Å². The number of hydrazone groups is 1. The normalized spacial score (nSPS) is 16.1. The lowest BCUT2D eigenvalue weighted by Gasteiger charge is -2.22. The molecule has 1 aliphatic rings. The van der Waals surface area contributed by atoms with E-state index >= 15 is 0 Å². The minimum Gasteiger partial charge on any atom is -0.370 e. The highest BCUT2D eigenvalue weighted by molar-refractivity contribution is 6.30. The predicted molar refractivity (Wildman–Crippen MR) is 110 cm³/mol. The average Bonchev–Trinajstić information content (AvgIpc) is 3.17. The number of halogens is 1. The van der Waals surface area contributed by atoms with Gasteiger partial charge in [0.25, 0.3) is 0 Å². The van der Waals surface area contributed by atoms with E-state index in [1.54, 1.807) is 24.5 Å². The van der Waals surface area contributed by atoms with E-state index in [2.05, 4.69) is 15.1 Å².